The van der Waals surface area contributed by atoms with E-state index in [1.165, 1.54) is 0 Å². The highest BCUT2D eigenvalue weighted by Crippen LogP contribution is 2.40. The quantitative estimate of drug-likeness (QED) is 0.741. The fraction of sp³-hybridized carbons (Fsp3) is 0.312. The van der Waals surface area contributed by atoms with Crippen LogP contribution in [0.2, 0.25) is 0 Å². The number of benzene rings is 2. The van der Waals surface area contributed by atoms with E-state index >= 15 is 0 Å². The molecule has 110 valence electrons. The summed E-state index contributed by atoms with van der Waals surface area (Å²) in [6.45, 7) is 0.526. The van der Waals surface area contributed by atoms with Gasteiger partial charge in [-0.1, -0.05) is 30.3 Å². The predicted molar refractivity (Wildman–Crippen MR) is 87.6 cm³/mol. The van der Waals surface area contributed by atoms with Crippen LogP contribution < -0.4 is 15.4 Å². The van der Waals surface area contributed by atoms with E-state index in [0.29, 0.717) is 11.7 Å². The molecule has 0 aromatic heterocycles. The minimum atomic E-state index is -0.0650. The molecule has 0 spiro atoms. The third kappa shape index (κ3) is 2.54. The molecule has 2 atom stereocenters. The monoisotopic (exact) mass is 302 g/mol. The van der Waals surface area contributed by atoms with Crippen molar-refractivity contribution in [2.24, 2.45) is 5.92 Å². The second-order valence-electron chi connectivity index (χ2n) is 5.15. The average Bonchev–Trinajstić information content (AvgIpc) is 2.54. The summed E-state index contributed by atoms with van der Waals surface area (Å²) in [6.07, 6.45) is 0. The first kappa shape index (κ1) is 14.1. The summed E-state index contributed by atoms with van der Waals surface area (Å²) in [5.74, 6) is 0.824. The average molecular weight is 302 g/mol. The Hall–Kier alpha value is -1.85. The van der Waals surface area contributed by atoms with Gasteiger partial charge in [0.25, 0.3) is 0 Å². The van der Waals surface area contributed by atoms with Gasteiger partial charge >= 0.3 is 0 Å². The van der Waals surface area contributed by atoms with Gasteiger partial charge in [-0.05, 0) is 29.1 Å². The Morgan fingerprint density at radius 1 is 1.33 bits per heavy atom. The van der Waals surface area contributed by atoms with Crippen molar-refractivity contribution in [2.75, 3.05) is 20.3 Å². The molecule has 0 aliphatic carbocycles. The number of aliphatic hydroxyl groups is 1. The lowest BCUT2D eigenvalue weighted by molar-refractivity contribution is 0.119. The highest BCUT2D eigenvalue weighted by Gasteiger charge is 2.32. The summed E-state index contributed by atoms with van der Waals surface area (Å²) >= 11 is 5.24. The number of thiocarbonyl (C=S) groups is 1. The molecule has 0 unspecified atom stereocenters. The number of fused-ring (bicyclic) bond motifs is 3. The van der Waals surface area contributed by atoms with E-state index in [2.05, 4.69) is 28.8 Å². The van der Waals surface area contributed by atoms with Crippen LogP contribution in [0.25, 0.3) is 10.8 Å². The molecule has 4 nitrogen and oxygen atoms in total. The molecule has 3 rings (SSSR count). The minimum Gasteiger partial charge on any atom is -0.493 e. The molecule has 21 heavy (non-hydrogen) atoms. The highest BCUT2D eigenvalue weighted by atomic mass is 32.1. The molecular formula is C16H18N2O2S. The van der Waals surface area contributed by atoms with Crippen LogP contribution in [-0.2, 0) is 0 Å². The topological polar surface area (TPSA) is 53.5 Å². The third-order valence-electron chi connectivity index (χ3n) is 3.91. The molecule has 1 aliphatic rings. The van der Waals surface area contributed by atoms with Gasteiger partial charge in [0, 0.05) is 18.5 Å². The molecule has 1 heterocycles. The van der Waals surface area contributed by atoms with E-state index in [0.717, 1.165) is 22.1 Å². The fourth-order valence-electron chi connectivity index (χ4n) is 2.81. The standard InChI is InChI=1S/C16H18N2O2S/c1-17-16(21)18-15-11(8-19)9-20-13-7-6-10-4-2-3-5-12(10)14(13)15/h2-7,11,15,19H,8-9H2,1H3,(H2,17,18,21)/t11-,15-/m1/s1. The van der Waals surface area contributed by atoms with Crippen molar-refractivity contribution in [1.29, 1.82) is 0 Å². The van der Waals surface area contributed by atoms with Crippen molar-refractivity contribution in [3.05, 3.63) is 42.0 Å². The number of aliphatic hydroxyl groups excluding tert-OH is 1. The SMILES string of the molecule is CNC(=S)N[C@H]1c2c(ccc3ccccc23)OC[C@H]1CO. The van der Waals surface area contributed by atoms with Gasteiger partial charge in [0.05, 0.1) is 19.3 Å². The van der Waals surface area contributed by atoms with Gasteiger partial charge in [-0.2, -0.15) is 0 Å². The molecule has 2 aromatic carbocycles. The molecule has 2 aromatic rings. The summed E-state index contributed by atoms with van der Waals surface area (Å²) in [5.41, 5.74) is 1.07. The lowest BCUT2D eigenvalue weighted by atomic mass is 9.87. The number of rotatable bonds is 2. The zero-order chi connectivity index (χ0) is 14.8. The van der Waals surface area contributed by atoms with E-state index in [1.54, 1.807) is 7.05 Å². The summed E-state index contributed by atoms with van der Waals surface area (Å²) < 4.78 is 5.82. The molecule has 0 bridgehead atoms. The normalized spacial score (nSPS) is 20.5. The Labute approximate surface area is 129 Å². The molecule has 0 amide bonds. The maximum Gasteiger partial charge on any atom is 0.166 e. The number of hydrogen-bond acceptors (Lipinski definition) is 3. The number of ether oxygens (including phenoxy) is 1. The Balaban J connectivity index is 2.14. The van der Waals surface area contributed by atoms with E-state index in [4.69, 9.17) is 17.0 Å². The molecular weight excluding hydrogens is 284 g/mol. The summed E-state index contributed by atoms with van der Waals surface area (Å²) in [7, 11) is 1.78. The predicted octanol–water partition coefficient (Wildman–Crippen LogP) is 1.98. The van der Waals surface area contributed by atoms with Gasteiger partial charge in [-0.15, -0.1) is 0 Å². The van der Waals surface area contributed by atoms with Crippen LogP contribution in [0.1, 0.15) is 11.6 Å². The maximum absolute atomic E-state index is 9.66. The number of hydrogen-bond donors (Lipinski definition) is 3. The highest BCUT2D eigenvalue weighted by molar-refractivity contribution is 7.80. The molecule has 1 aliphatic heterocycles. The van der Waals surface area contributed by atoms with Crippen LogP contribution in [0, 0.1) is 5.92 Å². The van der Waals surface area contributed by atoms with Crippen molar-refractivity contribution < 1.29 is 9.84 Å². The molecule has 0 fully saturated rings. The van der Waals surface area contributed by atoms with E-state index in [9.17, 15) is 5.11 Å². The van der Waals surface area contributed by atoms with Crippen molar-refractivity contribution in [2.45, 2.75) is 6.04 Å². The van der Waals surface area contributed by atoms with Gasteiger partial charge in [0.1, 0.15) is 5.75 Å². The van der Waals surface area contributed by atoms with Crippen LogP contribution in [0.4, 0.5) is 0 Å². The first-order chi connectivity index (χ1) is 10.2. The first-order valence-electron chi connectivity index (χ1n) is 6.98. The molecule has 5 heteroatoms. The largest absolute Gasteiger partial charge is 0.493 e. The zero-order valence-corrected chi connectivity index (χ0v) is 12.6. The second-order valence-corrected chi connectivity index (χ2v) is 5.56. The summed E-state index contributed by atoms with van der Waals surface area (Å²) in [5, 5.41) is 18.7. The van der Waals surface area contributed by atoms with Gasteiger partial charge in [-0.25, -0.2) is 0 Å². The Bertz CT molecular complexity index is 674. The molecule has 3 N–H and O–H groups in total. The van der Waals surface area contributed by atoms with Gasteiger partial charge in [-0.3, -0.25) is 0 Å². The van der Waals surface area contributed by atoms with Gasteiger partial charge in [0.2, 0.25) is 0 Å². The lowest BCUT2D eigenvalue weighted by Gasteiger charge is -2.34. The molecule has 0 saturated carbocycles. The minimum absolute atomic E-state index is 0.0328. The van der Waals surface area contributed by atoms with Crippen molar-refractivity contribution in [3.63, 3.8) is 0 Å². The second kappa shape index (κ2) is 5.87. The van der Waals surface area contributed by atoms with E-state index in [-0.39, 0.29) is 18.6 Å². The van der Waals surface area contributed by atoms with E-state index in [1.807, 2.05) is 18.2 Å². The van der Waals surface area contributed by atoms with Crippen molar-refractivity contribution in [1.82, 2.24) is 10.6 Å². The van der Waals surface area contributed by atoms with Crippen molar-refractivity contribution >= 4 is 28.1 Å². The van der Waals surface area contributed by atoms with Crippen LogP contribution in [0.15, 0.2) is 36.4 Å². The van der Waals surface area contributed by atoms with Gasteiger partial charge in [0.15, 0.2) is 5.11 Å². The fourth-order valence-corrected chi connectivity index (χ4v) is 2.94. The van der Waals surface area contributed by atoms with Crippen LogP contribution >= 0.6 is 12.2 Å². The van der Waals surface area contributed by atoms with Crippen LogP contribution in [-0.4, -0.2) is 30.5 Å². The Morgan fingerprint density at radius 3 is 2.90 bits per heavy atom. The van der Waals surface area contributed by atoms with Crippen LogP contribution in [0.3, 0.4) is 0 Å². The van der Waals surface area contributed by atoms with Crippen LogP contribution in [0.5, 0.6) is 5.75 Å². The molecule has 0 radical (unpaired) electrons. The smallest absolute Gasteiger partial charge is 0.166 e. The van der Waals surface area contributed by atoms with Crippen molar-refractivity contribution in [3.8, 4) is 5.75 Å². The Morgan fingerprint density at radius 2 is 2.14 bits per heavy atom. The number of nitrogens with one attached hydrogen (secondary N) is 2. The Kier molecular flexibility index (Phi) is 3.94. The van der Waals surface area contributed by atoms with Gasteiger partial charge < -0.3 is 20.5 Å². The summed E-state index contributed by atoms with van der Waals surface area (Å²) in [6, 6.07) is 12.2. The maximum atomic E-state index is 9.66. The first-order valence-corrected chi connectivity index (χ1v) is 7.39. The van der Waals surface area contributed by atoms with E-state index < -0.39 is 0 Å². The third-order valence-corrected chi connectivity index (χ3v) is 4.24. The lowest BCUT2D eigenvalue weighted by Crippen LogP contribution is -2.43. The molecule has 0 saturated heterocycles. The zero-order valence-electron chi connectivity index (χ0n) is 11.8. The summed E-state index contributed by atoms with van der Waals surface area (Å²) in [4.78, 5) is 0.